The van der Waals surface area contributed by atoms with E-state index in [2.05, 4.69) is 51.5 Å². The van der Waals surface area contributed by atoms with Crippen molar-refractivity contribution in [2.75, 3.05) is 13.1 Å². The van der Waals surface area contributed by atoms with Crippen LogP contribution < -0.4 is 5.56 Å². The first-order valence-electron chi connectivity index (χ1n) is 12.3. The summed E-state index contributed by atoms with van der Waals surface area (Å²) in [5, 5.41) is 13.5. The van der Waals surface area contributed by atoms with Gasteiger partial charge in [0.15, 0.2) is 0 Å². The number of benzene rings is 2. The number of H-pyrrole nitrogens is 1. The fraction of sp³-hybridized carbons (Fsp3) is 0.259. The van der Waals surface area contributed by atoms with E-state index in [0.717, 1.165) is 33.3 Å². The lowest BCUT2D eigenvalue weighted by molar-refractivity contribution is 0.412. The molecule has 1 atom stereocenters. The van der Waals surface area contributed by atoms with Gasteiger partial charge in [-0.2, -0.15) is 19.3 Å². The second kappa shape index (κ2) is 9.03. The number of hydrogen-bond acceptors (Lipinski definition) is 6. The third-order valence-corrected chi connectivity index (χ3v) is 9.09. The number of pyridine rings is 1. The third kappa shape index (κ3) is 4.13. The highest BCUT2D eigenvalue weighted by Gasteiger charge is 2.45. The number of aryl methyl sites for hydroxylation is 2. The Balaban J connectivity index is 1.44. The molecule has 38 heavy (non-hydrogen) atoms. The first-order valence-corrected chi connectivity index (χ1v) is 13.8. The largest absolute Gasteiger partial charge is 0.327 e. The van der Waals surface area contributed by atoms with Crippen LogP contribution in [0.15, 0.2) is 83.0 Å². The highest BCUT2D eigenvalue weighted by atomic mass is 32.2. The zero-order chi connectivity index (χ0) is 26.5. The molecule has 11 heteroatoms. The minimum absolute atomic E-state index is 0.0372. The zero-order valence-electron chi connectivity index (χ0n) is 21.1. The Morgan fingerprint density at radius 2 is 1.87 bits per heavy atom. The smallest absolute Gasteiger partial charge is 0.264 e. The van der Waals surface area contributed by atoms with Crippen molar-refractivity contribution >= 4 is 20.9 Å². The fourth-order valence-corrected chi connectivity index (χ4v) is 6.97. The van der Waals surface area contributed by atoms with Gasteiger partial charge in [-0.25, -0.2) is 13.1 Å². The maximum atomic E-state index is 13.5. The average molecular weight is 530 g/mol. The molecule has 1 aliphatic heterocycles. The van der Waals surface area contributed by atoms with Gasteiger partial charge in [0.05, 0.1) is 23.6 Å². The molecule has 5 aromatic rings. The number of nitrogens with zero attached hydrogens (tertiary/aromatic N) is 6. The molecule has 0 saturated carbocycles. The average Bonchev–Trinajstić information content (AvgIpc) is 3.64. The van der Waals surface area contributed by atoms with Gasteiger partial charge in [-0.05, 0) is 54.7 Å². The quantitative estimate of drug-likeness (QED) is 0.361. The first-order chi connectivity index (χ1) is 18.2. The number of aromatic nitrogens is 6. The summed E-state index contributed by atoms with van der Waals surface area (Å²) in [5.74, 6) is 0. The van der Waals surface area contributed by atoms with Gasteiger partial charge in [0, 0.05) is 43.2 Å². The molecule has 4 heterocycles. The Morgan fingerprint density at radius 1 is 1.05 bits per heavy atom. The van der Waals surface area contributed by atoms with E-state index in [-0.39, 0.29) is 10.6 Å². The summed E-state index contributed by atoms with van der Waals surface area (Å²) >= 11 is 0. The van der Waals surface area contributed by atoms with Crippen LogP contribution >= 0.6 is 0 Å². The second-order valence-corrected chi connectivity index (χ2v) is 11.8. The number of rotatable bonds is 6. The van der Waals surface area contributed by atoms with Gasteiger partial charge in [-0.1, -0.05) is 30.3 Å². The normalized spacial score (nSPS) is 18.4. The van der Waals surface area contributed by atoms with Crippen LogP contribution in [0.5, 0.6) is 0 Å². The maximum Gasteiger partial charge on any atom is 0.264 e. The maximum absolute atomic E-state index is 13.5. The summed E-state index contributed by atoms with van der Waals surface area (Å²) in [5.41, 5.74) is 4.37. The van der Waals surface area contributed by atoms with Gasteiger partial charge < -0.3 is 4.98 Å². The first kappa shape index (κ1) is 24.3. The second-order valence-electron chi connectivity index (χ2n) is 9.90. The topological polar surface area (TPSA) is 119 Å². The molecule has 3 aromatic heterocycles. The molecule has 10 nitrogen and oxygen atoms in total. The van der Waals surface area contributed by atoms with Crippen molar-refractivity contribution in [3.8, 4) is 5.69 Å². The zero-order valence-corrected chi connectivity index (χ0v) is 21.9. The van der Waals surface area contributed by atoms with Crippen molar-refractivity contribution in [3.63, 3.8) is 0 Å². The fourth-order valence-electron chi connectivity index (χ4n) is 5.55. The Labute approximate surface area is 219 Å². The van der Waals surface area contributed by atoms with Crippen LogP contribution in [0.2, 0.25) is 0 Å². The van der Waals surface area contributed by atoms with Gasteiger partial charge in [0.2, 0.25) is 10.6 Å². The molecule has 1 N–H and O–H groups in total. The molecule has 1 aliphatic rings. The highest BCUT2D eigenvalue weighted by Crippen LogP contribution is 2.42. The molecule has 194 valence electrons. The van der Waals surface area contributed by atoms with E-state index in [4.69, 9.17) is 0 Å². The van der Waals surface area contributed by atoms with Crippen LogP contribution in [0.3, 0.4) is 0 Å². The molecular weight excluding hydrogens is 502 g/mol. The molecule has 1 fully saturated rings. The minimum atomic E-state index is -3.79. The van der Waals surface area contributed by atoms with Crippen LogP contribution in [0, 0.1) is 6.92 Å². The van der Waals surface area contributed by atoms with Crippen molar-refractivity contribution in [3.05, 3.63) is 100 Å². The van der Waals surface area contributed by atoms with E-state index < -0.39 is 15.4 Å². The summed E-state index contributed by atoms with van der Waals surface area (Å²) < 4.78 is 30.3. The van der Waals surface area contributed by atoms with Crippen molar-refractivity contribution in [2.24, 2.45) is 7.05 Å². The summed E-state index contributed by atoms with van der Waals surface area (Å²) in [6.45, 7) is 2.78. The van der Waals surface area contributed by atoms with Crippen molar-refractivity contribution in [1.82, 2.24) is 34.1 Å². The van der Waals surface area contributed by atoms with Crippen LogP contribution in [-0.4, -0.2) is 55.6 Å². The Morgan fingerprint density at radius 3 is 2.58 bits per heavy atom. The molecule has 0 spiro atoms. The summed E-state index contributed by atoms with van der Waals surface area (Å²) in [4.78, 5) is 15.5. The van der Waals surface area contributed by atoms with Gasteiger partial charge in [-0.3, -0.25) is 4.79 Å². The Hall–Kier alpha value is -4.09. The molecule has 0 radical (unpaired) electrons. The van der Waals surface area contributed by atoms with E-state index in [1.165, 1.54) is 21.4 Å². The van der Waals surface area contributed by atoms with Gasteiger partial charge >= 0.3 is 0 Å². The molecule has 0 aliphatic carbocycles. The minimum Gasteiger partial charge on any atom is -0.327 e. The SMILES string of the molecule is Cc1cc2c(cnn2-c2ccc(=O)[nH]c2)cc1C1(Cc2ccccc2)CCN(S(=O)(=O)c2cnn(C)n2)C1. The molecule has 0 bridgehead atoms. The van der Waals surface area contributed by atoms with E-state index in [0.29, 0.717) is 25.9 Å². The van der Waals surface area contributed by atoms with E-state index in [1.807, 2.05) is 24.4 Å². The lowest BCUT2D eigenvalue weighted by Gasteiger charge is -2.32. The van der Waals surface area contributed by atoms with Gasteiger partial charge in [-0.15, -0.1) is 5.10 Å². The van der Waals surface area contributed by atoms with Gasteiger partial charge in [0.1, 0.15) is 0 Å². The summed E-state index contributed by atoms with van der Waals surface area (Å²) in [6.07, 6.45) is 6.11. The highest BCUT2D eigenvalue weighted by molar-refractivity contribution is 7.89. The predicted octanol–water partition coefficient (Wildman–Crippen LogP) is 2.73. The lowest BCUT2D eigenvalue weighted by atomic mass is 9.73. The van der Waals surface area contributed by atoms with E-state index >= 15 is 0 Å². The number of nitrogens with one attached hydrogen (secondary N) is 1. The Bertz CT molecular complexity index is 1790. The van der Waals surface area contributed by atoms with Gasteiger partial charge in [0.25, 0.3) is 10.0 Å². The summed E-state index contributed by atoms with van der Waals surface area (Å²) in [7, 11) is -2.18. The standard InChI is InChI=1S/C27H27N7O3S/c1-19-12-24-21(15-30-34(24)22-8-9-25(35)28-16-22)13-23(19)27(14-20-6-4-3-5-7-20)10-11-33(18-27)38(36,37)26-17-29-32(2)31-26/h3-9,12-13,15-17H,10-11,14,18H2,1-2H3,(H,28,35). The van der Waals surface area contributed by atoms with Crippen LogP contribution in [-0.2, 0) is 28.9 Å². The van der Waals surface area contributed by atoms with Crippen LogP contribution in [0.4, 0.5) is 0 Å². The van der Waals surface area contributed by atoms with E-state index in [1.54, 1.807) is 24.0 Å². The third-order valence-electron chi connectivity index (χ3n) is 7.38. The number of sulfonamides is 1. The number of fused-ring (bicyclic) bond motifs is 1. The summed E-state index contributed by atoms with van der Waals surface area (Å²) in [6, 6.07) is 17.6. The van der Waals surface area contributed by atoms with Crippen molar-refractivity contribution in [2.45, 2.75) is 30.2 Å². The molecule has 1 unspecified atom stereocenters. The molecule has 0 amide bonds. The Kier molecular flexibility index (Phi) is 5.77. The lowest BCUT2D eigenvalue weighted by Crippen LogP contribution is -2.36. The van der Waals surface area contributed by atoms with Crippen LogP contribution in [0.1, 0.15) is 23.1 Å². The van der Waals surface area contributed by atoms with E-state index in [9.17, 15) is 13.2 Å². The number of hydrogen-bond donors (Lipinski definition) is 1. The number of aromatic amines is 1. The molecule has 2 aromatic carbocycles. The van der Waals surface area contributed by atoms with Crippen LogP contribution in [0.25, 0.3) is 16.6 Å². The predicted molar refractivity (Wildman–Crippen MR) is 143 cm³/mol. The molecule has 6 rings (SSSR count). The molecule has 1 saturated heterocycles. The van der Waals surface area contributed by atoms with Crippen molar-refractivity contribution in [1.29, 1.82) is 0 Å². The molecular formula is C27H27N7O3S. The monoisotopic (exact) mass is 529 g/mol. The van der Waals surface area contributed by atoms with Crippen molar-refractivity contribution < 1.29 is 8.42 Å².